The molecular weight excluding hydrogens is 268 g/mol. The Morgan fingerprint density at radius 1 is 1.14 bits per heavy atom. The van der Waals surface area contributed by atoms with Crippen molar-refractivity contribution in [1.82, 2.24) is 0 Å². The Morgan fingerprint density at radius 2 is 1.86 bits per heavy atom. The number of rotatable bonds is 2. The SMILES string of the molecule is COc1ccc2c(c1C)O[C@@H](c1ccc(O)cc1)[C@H](O)C2. The number of aliphatic hydroxyl groups excluding tert-OH is 1. The molecule has 2 atom stereocenters. The monoisotopic (exact) mass is 286 g/mol. The third-order valence-electron chi connectivity index (χ3n) is 3.90. The second-order valence-corrected chi connectivity index (χ2v) is 5.28. The number of aromatic hydroxyl groups is 1. The largest absolute Gasteiger partial charge is 0.508 e. The zero-order valence-corrected chi connectivity index (χ0v) is 12.0. The highest BCUT2D eigenvalue weighted by atomic mass is 16.5. The normalized spacial score (nSPS) is 20.5. The lowest BCUT2D eigenvalue weighted by Gasteiger charge is -2.32. The summed E-state index contributed by atoms with van der Waals surface area (Å²) in [5.41, 5.74) is 2.76. The predicted molar refractivity (Wildman–Crippen MR) is 78.9 cm³/mol. The van der Waals surface area contributed by atoms with Crippen molar-refractivity contribution in [2.45, 2.75) is 25.6 Å². The van der Waals surface area contributed by atoms with Crippen LogP contribution in [0.4, 0.5) is 0 Å². The van der Waals surface area contributed by atoms with Crippen molar-refractivity contribution in [2.75, 3.05) is 7.11 Å². The number of hydrogen-bond acceptors (Lipinski definition) is 4. The van der Waals surface area contributed by atoms with Crippen LogP contribution in [0.1, 0.15) is 22.8 Å². The zero-order valence-electron chi connectivity index (χ0n) is 12.0. The highest BCUT2D eigenvalue weighted by Gasteiger charge is 2.31. The molecule has 0 fully saturated rings. The van der Waals surface area contributed by atoms with E-state index in [1.165, 1.54) is 0 Å². The molecular formula is C17H18O4. The van der Waals surface area contributed by atoms with Crippen LogP contribution in [0, 0.1) is 6.92 Å². The summed E-state index contributed by atoms with van der Waals surface area (Å²) in [5, 5.41) is 19.7. The van der Waals surface area contributed by atoms with E-state index in [-0.39, 0.29) is 5.75 Å². The lowest BCUT2D eigenvalue weighted by molar-refractivity contribution is 0.0201. The van der Waals surface area contributed by atoms with Crippen molar-refractivity contribution in [1.29, 1.82) is 0 Å². The Balaban J connectivity index is 1.98. The molecule has 1 heterocycles. The first-order chi connectivity index (χ1) is 10.1. The number of fused-ring (bicyclic) bond motifs is 1. The second-order valence-electron chi connectivity index (χ2n) is 5.28. The van der Waals surface area contributed by atoms with Crippen LogP contribution in [0.5, 0.6) is 17.2 Å². The van der Waals surface area contributed by atoms with E-state index in [0.29, 0.717) is 6.42 Å². The number of methoxy groups -OCH3 is 1. The predicted octanol–water partition coefficient (Wildman–Crippen LogP) is 2.75. The van der Waals surface area contributed by atoms with Crippen molar-refractivity contribution in [3.05, 3.63) is 53.1 Å². The molecule has 3 rings (SSSR count). The molecule has 0 spiro atoms. The molecule has 2 aromatic rings. The van der Waals surface area contributed by atoms with Crippen LogP contribution in [0.15, 0.2) is 36.4 Å². The smallest absolute Gasteiger partial charge is 0.150 e. The fourth-order valence-corrected chi connectivity index (χ4v) is 2.77. The summed E-state index contributed by atoms with van der Waals surface area (Å²) in [4.78, 5) is 0. The highest BCUT2D eigenvalue weighted by molar-refractivity contribution is 5.51. The van der Waals surface area contributed by atoms with Gasteiger partial charge >= 0.3 is 0 Å². The maximum Gasteiger partial charge on any atom is 0.150 e. The second kappa shape index (κ2) is 5.30. The minimum Gasteiger partial charge on any atom is -0.508 e. The van der Waals surface area contributed by atoms with Gasteiger partial charge in [0.25, 0.3) is 0 Å². The molecule has 0 radical (unpaired) electrons. The third kappa shape index (κ3) is 2.43. The Morgan fingerprint density at radius 3 is 2.52 bits per heavy atom. The molecule has 2 aromatic carbocycles. The Labute approximate surface area is 123 Å². The molecule has 0 amide bonds. The summed E-state index contributed by atoms with van der Waals surface area (Å²) in [5.74, 6) is 1.75. The van der Waals surface area contributed by atoms with Crippen molar-refractivity contribution >= 4 is 0 Å². The molecule has 1 aliphatic heterocycles. The van der Waals surface area contributed by atoms with Crippen molar-refractivity contribution in [3.63, 3.8) is 0 Å². The molecule has 0 aliphatic carbocycles. The Hall–Kier alpha value is -2.20. The molecule has 0 unspecified atom stereocenters. The van der Waals surface area contributed by atoms with E-state index in [1.54, 1.807) is 31.4 Å². The number of ether oxygens (including phenoxy) is 2. The molecule has 1 aliphatic rings. The average molecular weight is 286 g/mol. The summed E-state index contributed by atoms with van der Waals surface area (Å²) in [6, 6.07) is 10.6. The van der Waals surface area contributed by atoms with Gasteiger partial charge in [0.05, 0.1) is 13.2 Å². The van der Waals surface area contributed by atoms with Gasteiger partial charge in [-0.15, -0.1) is 0 Å². The first-order valence-corrected chi connectivity index (χ1v) is 6.90. The first-order valence-electron chi connectivity index (χ1n) is 6.90. The fourth-order valence-electron chi connectivity index (χ4n) is 2.77. The van der Waals surface area contributed by atoms with E-state index in [9.17, 15) is 10.2 Å². The highest BCUT2D eigenvalue weighted by Crippen LogP contribution is 2.40. The lowest BCUT2D eigenvalue weighted by Crippen LogP contribution is -2.30. The van der Waals surface area contributed by atoms with Gasteiger partial charge < -0.3 is 19.7 Å². The van der Waals surface area contributed by atoms with Gasteiger partial charge in [0.1, 0.15) is 23.4 Å². The summed E-state index contributed by atoms with van der Waals surface area (Å²) in [6.07, 6.45) is -0.523. The minimum absolute atomic E-state index is 0.197. The lowest BCUT2D eigenvalue weighted by atomic mass is 9.93. The van der Waals surface area contributed by atoms with Gasteiger partial charge in [0.15, 0.2) is 0 Å². The molecule has 2 N–H and O–H groups in total. The van der Waals surface area contributed by atoms with E-state index in [2.05, 4.69) is 0 Å². The summed E-state index contributed by atoms with van der Waals surface area (Å²) < 4.78 is 11.4. The van der Waals surface area contributed by atoms with E-state index in [4.69, 9.17) is 9.47 Å². The first kappa shape index (κ1) is 13.8. The number of benzene rings is 2. The third-order valence-corrected chi connectivity index (χ3v) is 3.90. The molecule has 0 saturated carbocycles. The minimum atomic E-state index is -0.616. The number of phenols is 1. The van der Waals surface area contributed by atoms with E-state index >= 15 is 0 Å². The molecule has 4 nitrogen and oxygen atoms in total. The van der Waals surface area contributed by atoms with Gasteiger partial charge in [-0.3, -0.25) is 0 Å². The number of aliphatic hydroxyl groups is 1. The average Bonchev–Trinajstić information content (AvgIpc) is 2.48. The summed E-state index contributed by atoms with van der Waals surface area (Å²) in [7, 11) is 1.63. The van der Waals surface area contributed by atoms with Crippen molar-refractivity contribution < 1.29 is 19.7 Å². The maximum absolute atomic E-state index is 10.3. The molecule has 21 heavy (non-hydrogen) atoms. The van der Waals surface area contributed by atoms with Crippen molar-refractivity contribution in [3.8, 4) is 17.2 Å². The Kier molecular flexibility index (Phi) is 3.47. The van der Waals surface area contributed by atoms with Crippen LogP contribution in [0.25, 0.3) is 0 Å². The number of phenolic OH excluding ortho intramolecular Hbond substituents is 1. The van der Waals surface area contributed by atoms with Crippen LogP contribution in [-0.4, -0.2) is 23.4 Å². The van der Waals surface area contributed by atoms with Gasteiger partial charge in [-0.1, -0.05) is 18.2 Å². The van der Waals surface area contributed by atoms with E-state index in [1.807, 2.05) is 19.1 Å². The summed E-state index contributed by atoms with van der Waals surface area (Å²) >= 11 is 0. The molecule has 0 bridgehead atoms. The van der Waals surface area contributed by atoms with E-state index in [0.717, 1.165) is 28.2 Å². The van der Waals surface area contributed by atoms with Crippen LogP contribution in [0.3, 0.4) is 0 Å². The fraction of sp³-hybridized carbons (Fsp3) is 0.294. The molecule has 4 heteroatoms. The topological polar surface area (TPSA) is 58.9 Å². The van der Waals surface area contributed by atoms with Gasteiger partial charge in [0, 0.05) is 12.0 Å². The quantitative estimate of drug-likeness (QED) is 0.891. The van der Waals surface area contributed by atoms with Gasteiger partial charge in [-0.2, -0.15) is 0 Å². The zero-order chi connectivity index (χ0) is 15.0. The van der Waals surface area contributed by atoms with Gasteiger partial charge in [0.2, 0.25) is 0 Å². The maximum atomic E-state index is 10.3. The summed E-state index contributed by atoms with van der Waals surface area (Å²) in [6.45, 7) is 1.95. The van der Waals surface area contributed by atoms with Gasteiger partial charge in [-0.25, -0.2) is 0 Å². The van der Waals surface area contributed by atoms with Crippen LogP contribution >= 0.6 is 0 Å². The van der Waals surface area contributed by atoms with Crippen LogP contribution in [0.2, 0.25) is 0 Å². The standard InChI is InChI=1S/C17H18O4/c1-10-15(20-2)8-5-12-9-14(19)17(21-16(10)12)11-3-6-13(18)7-4-11/h3-8,14,17-19H,9H2,1-2H3/t14-,17+/m1/s1. The van der Waals surface area contributed by atoms with Crippen LogP contribution < -0.4 is 9.47 Å². The van der Waals surface area contributed by atoms with Crippen LogP contribution in [-0.2, 0) is 6.42 Å². The Bertz CT molecular complexity index is 649. The number of hydrogen-bond donors (Lipinski definition) is 2. The van der Waals surface area contributed by atoms with E-state index < -0.39 is 12.2 Å². The molecule has 0 saturated heterocycles. The van der Waals surface area contributed by atoms with Gasteiger partial charge in [-0.05, 0) is 36.2 Å². The van der Waals surface area contributed by atoms with Crippen molar-refractivity contribution in [2.24, 2.45) is 0 Å². The molecule has 0 aromatic heterocycles. The molecule has 110 valence electrons.